The Morgan fingerprint density at radius 3 is 2.13 bits per heavy atom. The van der Waals surface area contributed by atoms with Crippen molar-refractivity contribution in [2.45, 2.75) is 19.5 Å². The van der Waals surface area contributed by atoms with Crippen molar-refractivity contribution in [1.29, 1.82) is 0 Å². The van der Waals surface area contributed by atoms with Crippen LogP contribution in [0.2, 0.25) is 0 Å². The molecule has 0 aromatic heterocycles. The van der Waals surface area contributed by atoms with Gasteiger partial charge >= 0.3 is 6.03 Å². The van der Waals surface area contributed by atoms with Gasteiger partial charge in [-0.2, -0.15) is 0 Å². The average Bonchev–Trinajstić information content (AvgIpc) is 3.17. The number of carbonyl (C=O) groups is 2. The number of hydrogen-bond donors (Lipinski definition) is 3. The molecule has 1 aliphatic heterocycles. The predicted molar refractivity (Wildman–Crippen MR) is 118 cm³/mol. The smallest absolute Gasteiger partial charge is 0.314 e. The first-order valence-corrected chi connectivity index (χ1v) is 10.0. The van der Waals surface area contributed by atoms with E-state index in [0.29, 0.717) is 43.4 Å². The normalized spacial score (nSPS) is 16.0. The van der Waals surface area contributed by atoms with E-state index in [4.69, 9.17) is 17.2 Å². The molecule has 1 saturated heterocycles. The molecule has 0 bridgehead atoms. The number of urea groups is 1. The van der Waals surface area contributed by atoms with Gasteiger partial charge in [-0.25, -0.2) is 4.79 Å². The van der Waals surface area contributed by atoms with Crippen molar-refractivity contribution >= 4 is 17.6 Å². The van der Waals surface area contributed by atoms with Crippen LogP contribution < -0.4 is 17.2 Å². The Hall–Kier alpha value is -3.32. The lowest BCUT2D eigenvalue weighted by atomic mass is 10.0. The Balaban J connectivity index is 1.78. The highest BCUT2D eigenvalue weighted by Crippen LogP contribution is 2.21. The van der Waals surface area contributed by atoms with Gasteiger partial charge in [-0.15, -0.1) is 0 Å². The van der Waals surface area contributed by atoms with Crippen molar-refractivity contribution in [3.63, 3.8) is 0 Å². The molecule has 7 heteroatoms. The molecular formula is C23H29N5O2. The van der Waals surface area contributed by atoms with Crippen LogP contribution in [-0.2, 0) is 13.1 Å². The van der Waals surface area contributed by atoms with Gasteiger partial charge in [-0.1, -0.05) is 36.9 Å². The van der Waals surface area contributed by atoms with Gasteiger partial charge in [-0.3, -0.25) is 9.69 Å². The molecule has 7 nitrogen and oxygen atoms in total. The minimum atomic E-state index is -0.439. The summed E-state index contributed by atoms with van der Waals surface area (Å²) in [6.07, 6.45) is 0.917. The Morgan fingerprint density at radius 1 is 1.00 bits per heavy atom. The molecule has 0 saturated carbocycles. The summed E-state index contributed by atoms with van der Waals surface area (Å²) in [5, 5.41) is 0. The van der Waals surface area contributed by atoms with E-state index in [1.165, 1.54) is 0 Å². The van der Waals surface area contributed by atoms with E-state index in [0.717, 1.165) is 29.7 Å². The van der Waals surface area contributed by atoms with Crippen LogP contribution >= 0.6 is 0 Å². The van der Waals surface area contributed by atoms with Crippen LogP contribution in [-0.4, -0.2) is 41.4 Å². The second kappa shape index (κ2) is 9.45. The van der Waals surface area contributed by atoms with Gasteiger partial charge in [-0.05, 0) is 47.2 Å². The summed E-state index contributed by atoms with van der Waals surface area (Å²) in [6, 6.07) is 15.0. The molecule has 1 fully saturated rings. The number of benzene rings is 2. The predicted octanol–water partition coefficient (Wildman–Crippen LogP) is 2.12. The molecule has 3 rings (SSSR count). The molecule has 1 heterocycles. The van der Waals surface area contributed by atoms with E-state index in [-0.39, 0.29) is 6.03 Å². The SMILES string of the molecule is C=C(N)c1cccc(CN(Cc2cccc(C(N)=O)c2)CC2CCN(C(N)=O)C2)c1. The lowest BCUT2D eigenvalue weighted by molar-refractivity contribution is 0.1000. The summed E-state index contributed by atoms with van der Waals surface area (Å²) >= 11 is 0. The molecule has 30 heavy (non-hydrogen) atoms. The molecule has 1 atom stereocenters. The second-order valence-corrected chi connectivity index (χ2v) is 7.90. The van der Waals surface area contributed by atoms with E-state index in [2.05, 4.69) is 17.5 Å². The molecular weight excluding hydrogens is 378 g/mol. The number of nitrogens with zero attached hydrogens (tertiary/aromatic N) is 2. The van der Waals surface area contributed by atoms with E-state index in [9.17, 15) is 9.59 Å². The fourth-order valence-corrected chi connectivity index (χ4v) is 3.94. The van der Waals surface area contributed by atoms with Crippen LogP contribution in [0.3, 0.4) is 0 Å². The first-order chi connectivity index (χ1) is 14.3. The number of primary amides is 2. The lowest BCUT2D eigenvalue weighted by Crippen LogP contribution is -2.35. The molecule has 1 unspecified atom stereocenters. The largest absolute Gasteiger partial charge is 0.399 e. The van der Waals surface area contributed by atoms with Crippen molar-refractivity contribution in [2.75, 3.05) is 19.6 Å². The summed E-state index contributed by atoms with van der Waals surface area (Å²) in [5.74, 6) is -0.102. The van der Waals surface area contributed by atoms with Crippen LogP contribution in [0.25, 0.3) is 5.70 Å². The van der Waals surface area contributed by atoms with Crippen molar-refractivity contribution in [1.82, 2.24) is 9.80 Å². The molecule has 0 spiro atoms. The minimum absolute atomic E-state index is 0.337. The van der Waals surface area contributed by atoms with Gasteiger partial charge in [0.2, 0.25) is 5.91 Å². The molecule has 2 aromatic carbocycles. The number of carbonyl (C=O) groups excluding carboxylic acids is 2. The third-order valence-corrected chi connectivity index (χ3v) is 5.44. The molecule has 2 aromatic rings. The zero-order valence-corrected chi connectivity index (χ0v) is 17.1. The summed E-state index contributed by atoms with van der Waals surface area (Å²) in [6.45, 7) is 7.33. The maximum atomic E-state index is 11.5. The second-order valence-electron chi connectivity index (χ2n) is 7.90. The Bertz CT molecular complexity index is 883. The average molecular weight is 408 g/mol. The highest BCUT2D eigenvalue weighted by Gasteiger charge is 2.26. The molecule has 6 N–H and O–H groups in total. The van der Waals surface area contributed by atoms with Gasteiger partial charge in [0.05, 0.1) is 0 Å². The van der Waals surface area contributed by atoms with Crippen LogP contribution in [0.5, 0.6) is 0 Å². The molecule has 1 aliphatic rings. The van der Waals surface area contributed by atoms with Crippen molar-refractivity contribution in [3.05, 3.63) is 77.4 Å². The van der Waals surface area contributed by atoms with Crippen molar-refractivity contribution in [2.24, 2.45) is 23.1 Å². The lowest BCUT2D eigenvalue weighted by Gasteiger charge is -2.26. The first-order valence-electron chi connectivity index (χ1n) is 10.0. The number of rotatable bonds is 8. The topological polar surface area (TPSA) is 119 Å². The molecule has 3 amide bonds. The summed E-state index contributed by atoms with van der Waals surface area (Å²) < 4.78 is 0. The number of hydrogen-bond acceptors (Lipinski definition) is 4. The number of amides is 3. The number of likely N-dealkylation sites (tertiary alicyclic amines) is 1. The van der Waals surface area contributed by atoms with Gasteiger partial charge < -0.3 is 22.1 Å². The zero-order valence-electron chi connectivity index (χ0n) is 17.1. The zero-order chi connectivity index (χ0) is 21.7. The minimum Gasteiger partial charge on any atom is -0.399 e. The molecule has 0 radical (unpaired) electrons. The van der Waals surface area contributed by atoms with Gasteiger partial charge in [0.1, 0.15) is 0 Å². The van der Waals surface area contributed by atoms with E-state index >= 15 is 0 Å². The van der Waals surface area contributed by atoms with E-state index in [1.54, 1.807) is 11.0 Å². The first kappa shape index (κ1) is 21.4. The monoisotopic (exact) mass is 407 g/mol. The van der Waals surface area contributed by atoms with Crippen LogP contribution in [0.1, 0.15) is 33.5 Å². The maximum Gasteiger partial charge on any atom is 0.314 e. The van der Waals surface area contributed by atoms with E-state index in [1.807, 2.05) is 36.4 Å². The molecule has 0 aliphatic carbocycles. The number of nitrogens with two attached hydrogens (primary N) is 3. The standard InChI is InChI=1S/C23H29N5O2/c1-16(24)20-6-2-4-17(10-20)12-27(14-19-8-9-28(15-19)23(26)30)13-18-5-3-7-21(11-18)22(25)29/h2-7,10-11,19H,1,8-9,12-15,24H2,(H2,25,29)(H2,26,30). The third kappa shape index (κ3) is 5.61. The van der Waals surface area contributed by atoms with Crippen LogP contribution in [0.15, 0.2) is 55.1 Å². The Morgan fingerprint density at radius 2 is 1.60 bits per heavy atom. The van der Waals surface area contributed by atoms with Gasteiger partial charge in [0, 0.05) is 44.0 Å². The molecule has 158 valence electrons. The maximum absolute atomic E-state index is 11.5. The highest BCUT2D eigenvalue weighted by molar-refractivity contribution is 5.92. The summed E-state index contributed by atoms with van der Waals surface area (Å²) in [4.78, 5) is 27.0. The van der Waals surface area contributed by atoms with Gasteiger partial charge in [0.25, 0.3) is 0 Å². The van der Waals surface area contributed by atoms with Crippen molar-refractivity contribution < 1.29 is 9.59 Å². The fraction of sp³-hybridized carbons (Fsp3) is 0.304. The van der Waals surface area contributed by atoms with Crippen LogP contribution in [0.4, 0.5) is 4.79 Å². The van der Waals surface area contributed by atoms with Crippen LogP contribution in [0, 0.1) is 5.92 Å². The van der Waals surface area contributed by atoms with E-state index < -0.39 is 5.91 Å². The fourth-order valence-electron chi connectivity index (χ4n) is 3.94. The summed E-state index contributed by atoms with van der Waals surface area (Å²) in [5.41, 5.74) is 20.8. The van der Waals surface area contributed by atoms with Gasteiger partial charge in [0.15, 0.2) is 0 Å². The summed E-state index contributed by atoms with van der Waals surface area (Å²) in [7, 11) is 0. The van der Waals surface area contributed by atoms with Crippen molar-refractivity contribution in [3.8, 4) is 0 Å². The quantitative estimate of drug-likeness (QED) is 0.621. The highest BCUT2D eigenvalue weighted by atomic mass is 16.2. The Kier molecular flexibility index (Phi) is 6.74. The third-order valence-electron chi connectivity index (χ3n) is 5.44. The Labute approximate surface area is 177 Å².